The molecule has 0 bridgehead atoms. The van der Waals surface area contributed by atoms with Gasteiger partial charge in [0.2, 0.25) is 0 Å². The SMILES string of the molecule is CCOC(=O)C(=O)Nc1c(C(=O)OCC)sc2nc(-c3ccccc3)cc(-c3ccccc3)c12. The third-order valence-corrected chi connectivity index (χ3v) is 6.04. The molecule has 4 rings (SSSR count). The number of esters is 2. The maximum atomic E-state index is 12.8. The molecule has 7 nitrogen and oxygen atoms in total. The Morgan fingerprint density at radius 3 is 2.12 bits per heavy atom. The number of benzene rings is 2. The van der Waals surface area contributed by atoms with Crippen molar-refractivity contribution >= 4 is 45.1 Å². The van der Waals surface area contributed by atoms with Crippen LogP contribution >= 0.6 is 11.3 Å². The number of ether oxygens (including phenoxy) is 2. The van der Waals surface area contributed by atoms with Gasteiger partial charge in [0.25, 0.3) is 0 Å². The number of nitrogens with zero attached hydrogens (tertiary/aromatic N) is 1. The Labute approximate surface area is 200 Å². The zero-order valence-electron chi connectivity index (χ0n) is 18.7. The van der Waals surface area contributed by atoms with E-state index in [0.29, 0.717) is 15.9 Å². The molecule has 0 saturated carbocycles. The largest absolute Gasteiger partial charge is 0.462 e. The van der Waals surface area contributed by atoms with Crippen LogP contribution in [0.1, 0.15) is 23.5 Å². The molecule has 0 unspecified atom stereocenters. The van der Waals surface area contributed by atoms with Crippen LogP contribution < -0.4 is 5.32 Å². The predicted octanol–water partition coefficient (Wildman–Crippen LogP) is 5.31. The quantitative estimate of drug-likeness (QED) is 0.301. The lowest BCUT2D eigenvalue weighted by molar-refractivity contribution is -0.152. The number of carbonyl (C=O) groups is 3. The van der Waals surface area contributed by atoms with Crippen molar-refractivity contribution < 1.29 is 23.9 Å². The fourth-order valence-corrected chi connectivity index (χ4v) is 4.57. The van der Waals surface area contributed by atoms with E-state index in [-0.39, 0.29) is 23.8 Å². The Hall–Kier alpha value is -4.04. The first-order chi connectivity index (χ1) is 16.5. The zero-order chi connectivity index (χ0) is 24.1. The molecule has 34 heavy (non-hydrogen) atoms. The molecule has 2 aromatic carbocycles. The summed E-state index contributed by atoms with van der Waals surface area (Å²) in [4.78, 5) is 42.9. The van der Waals surface area contributed by atoms with Crippen molar-refractivity contribution in [1.82, 2.24) is 4.98 Å². The van der Waals surface area contributed by atoms with E-state index < -0.39 is 17.8 Å². The van der Waals surface area contributed by atoms with Gasteiger partial charge < -0.3 is 14.8 Å². The van der Waals surface area contributed by atoms with Crippen molar-refractivity contribution in [2.45, 2.75) is 13.8 Å². The summed E-state index contributed by atoms with van der Waals surface area (Å²) < 4.78 is 10.0. The third kappa shape index (κ3) is 4.67. The minimum absolute atomic E-state index is 0.0542. The molecule has 2 heterocycles. The molecule has 0 radical (unpaired) electrons. The summed E-state index contributed by atoms with van der Waals surface area (Å²) in [5.74, 6) is -2.62. The fraction of sp³-hybridized carbons (Fsp3) is 0.154. The molecular formula is C26H22N2O5S. The zero-order valence-corrected chi connectivity index (χ0v) is 19.5. The van der Waals surface area contributed by atoms with Crippen LogP contribution in [0.15, 0.2) is 66.7 Å². The molecule has 0 atom stereocenters. The topological polar surface area (TPSA) is 94.6 Å². The van der Waals surface area contributed by atoms with Gasteiger partial charge >= 0.3 is 17.8 Å². The molecule has 172 valence electrons. The van der Waals surface area contributed by atoms with Gasteiger partial charge in [-0.2, -0.15) is 0 Å². The third-order valence-electron chi connectivity index (χ3n) is 4.98. The first kappa shape index (κ1) is 23.1. The summed E-state index contributed by atoms with van der Waals surface area (Å²) in [6.45, 7) is 3.52. The number of aromatic nitrogens is 1. The number of pyridine rings is 1. The van der Waals surface area contributed by atoms with E-state index in [9.17, 15) is 14.4 Å². The molecule has 0 saturated heterocycles. The lowest BCUT2D eigenvalue weighted by Gasteiger charge is -2.11. The van der Waals surface area contributed by atoms with Crippen molar-refractivity contribution in [3.63, 3.8) is 0 Å². The van der Waals surface area contributed by atoms with E-state index in [0.717, 1.165) is 28.0 Å². The van der Waals surface area contributed by atoms with Crippen LogP contribution in [0.5, 0.6) is 0 Å². The molecule has 0 aliphatic carbocycles. The number of thiophene rings is 1. The van der Waals surface area contributed by atoms with Crippen LogP contribution in [-0.2, 0) is 19.1 Å². The summed E-state index contributed by atoms with van der Waals surface area (Å²) in [7, 11) is 0. The molecule has 0 aliphatic heterocycles. The highest BCUT2D eigenvalue weighted by Crippen LogP contribution is 2.43. The number of anilines is 1. The van der Waals surface area contributed by atoms with Gasteiger partial charge in [0, 0.05) is 10.9 Å². The van der Waals surface area contributed by atoms with Crippen LogP contribution in [0.25, 0.3) is 32.6 Å². The van der Waals surface area contributed by atoms with E-state index in [1.807, 2.05) is 66.7 Å². The van der Waals surface area contributed by atoms with Crippen LogP contribution in [0.4, 0.5) is 5.69 Å². The molecule has 0 spiro atoms. The van der Waals surface area contributed by atoms with Crippen LogP contribution in [0.3, 0.4) is 0 Å². The van der Waals surface area contributed by atoms with Crippen LogP contribution in [0, 0.1) is 0 Å². The van der Waals surface area contributed by atoms with Gasteiger partial charge in [-0.05, 0) is 31.0 Å². The predicted molar refractivity (Wildman–Crippen MR) is 132 cm³/mol. The molecule has 4 aromatic rings. The summed E-state index contributed by atoms with van der Waals surface area (Å²) in [6, 6.07) is 21.2. The van der Waals surface area contributed by atoms with Gasteiger partial charge in [-0.15, -0.1) is 11.3 Å². The Kier molecular flexibility index (Phi) is 6.98. The Bertz CT molecular complexity index is 1350. The van der Waals surface area contributed by atoms with Crippen LogP contribution in [0.2, 0.25) is 0 Å². The number of rotatable bonds is 6. The minimum Gasteiger partial charge on any atom is -0.462 e. The Morgan fingerprint density at radius 2 is 1.50 bits per heavy atom. The molecule has 0 fully saturated rings. The second-order valence-electron chi connectivity index (χ2n) is 7.17. The van der Waals surface area contributed by atoms with Crippen molar-refractivity contribution in [3.8, 4) is 22.4 Å². The van der Waals surface area contributed by atoms with Gasteiger partial charge in [-0.1, -0.05) is 60.7 Å². The summed E-state index contributed by atoms with van der Waals surface area (Å²) in [5.41, 5.74) is 3.43. The van der Waals surface area contributed by atoms with E-state index in [1.165, 1.54) is 0 Å². The molecule has 1 N–H and O–H groups in total. The number of amides is 1. The summed E-state index contributed by atoms with van der Waals surface area (Å²) in [6.07, 6.45) is 0. The number of hydrogen-bond donors (Lipinski definition) is 1. The second-order valence-corrected chi connectivity index (χ2v) is 8.17. The lowest BCUT2D eigenvalue weighted by Crippen LogP contribution is -2.25. The fourth-order valence-electron chi connectivity index (χ4n) is 3.52. The minimum atomic E-state index is -1.04. The van der Waals surface area contributed by atoms with Gasteiger partial charge in [0.15, 0.2) is 0 Å². The Balaban J connectivity index is 1.99. The van der Waals surface area contributed by atoms with E-state index in [1.54, 1.807) is 13.8 Å². The summed E-state index contributed by atoms with van der Waals surface area (Å²) in [5, 5.41) is 3.14. The average Bonchev–Trinajstić information content (AvgIpc) is 3.23. The van der Waals surface area contributed by atoms with Gasteiger partial charge in [-0.25, -0.2) is 14.6 Å². The first-order valence-electron chi connectivity index (χ1n) is 10.8. The molecule has 2 aromatic heterocycles. The monoisotopic (exact) mass is 474 g/mol. The highest BCUT2D eigenvalue weighted by atomic mass is 32.1. The standard InChI is InChI=1S/C26H22N2O5S/c1-3-32-25(30)22-21(28-23(29)26(31)33-4-2)20-18(16-11-7-5-8-12-16)15-19(27-24(20)34-22)17-13-9-6-10-14-17/h5-15H,3-4H2,1-2H3,(H,28,29). The molecule has 8 heteroatoms. The van der Waals surface area contributed by atoms with Crippen molar-refractivity contribution in [1.29, 1.82) is 0 Å². The van der Waals surface area contributed by atoms with Crippen molar-refractivity contribution in [2.75, 3.05) is 18.5 Å². The van der Waals surface area contributed by atoms with Gasteiger partial charge in [0.1, 0.15) is 9.71 Å². The number of carbonyl (C=O) groups excluding carboxylic acids is 3. The molecule has 1 amide bonds. The van der Waals surface area contributed by atoms with Crippen LogP contribution in [-0.4, -0.2) is 36.0 Å². The highest BCUT2D eigenvalue weighted by Gasteiger charge is 2.27. The number of fused-ring (bicyclic) bond motifs is 1. The average molecular weight is 475 g/mol. The van der Waals surface area contributed by atoms with Gasteiger partial charge in [0.05, 0.1) is 24.6 Å². The summed E-state index contributed by atoms with van der Waals surface area (Å²) >= 11 is 1.10. The number of hydrogen-bond acceptors (Lipinski definition) is 7. The van der Waals surface area contributed by atoms with E-state index in [2.05, 4.69) is 5.32 Å². The highest BCUT2D eigenvalue weighted by molar-refractivity contribution is 7.21. The lowest BCUT2D eigenvalue weighted by atomic mass is 9.99. The van der Waals surface area contributed by atoms with Crippen molar-refractivity contribution in [3.05, 3.63) is 71.6 Å². The Morgan fingerprint density at radius 1 is 0.882 bits per heavy atom. The normalized spacial score (nSPS) is 10.6. The molecule has 0 aliphatic rings. The first-order valence-corrected chi connectivity index (χ1v) is 11.6. The number of nitrogens with one attached hydrogen (secondary N) is 1. The van der Waals surface area contributed by atoms with Gasteiger partial charge in [-0.3, -0.25) is 4.79 Å². The van der Waals surface area contributed by atoms with E-state index >= 15 is 0 Å². The molecular weight excluding hydrogens is 452 g/mol. The maximum absolute atomic E-state index is 12.8. The smallest absolute Gasteiger partial charge is 0.397 e. The van der Waals surface area contributed by atoms with E-state index in [4.69, 9.17) is 14.5 Å². The second kappa shape index (κ2) is 10.3. The van der Waals surface area contributed by atoms with Crippen molar-refractivity contribution in [2.24, 2.45) is 0 Å². The maximum Gasteiger partial charge on any atom is 0.397 e.